The fourth-order valence-corrected chi connectivity index (χ4v) is 4.73. The van der Waals surface area contributed by atoms with Crippen molar-refractivity contribution in [3.05, 3.63) is 139 Å². The number of benzene rings is 4. The van der Waals surface area contributed by atoms with Gasteiger partial charge >= 0.3 is 0 Å². The Bertz CT molecular complexity index is 1420. The lowest BCUT2D eigenvalue weighted by atomic mass is 9.85. The Balaban J connectivity index is 1.48. The smallest absolute Gasteiger partial charge is 0.281 e. The number of halogens is 2. The monoisotopic (exact) mass is 593 g/mol. The lowest BCUT2D eigenvalue weighted by Gasteiger charge is -2.27. The minimum Gasteiger partial charge on any atom is -0.486 e. The van der Waals surface area contributed by atoms with Gasteiger partial charge in [0.2, 0.25) is 0 Å². The van der Waals surface area contributed by atoms with Crippen LogP contribution in [-0.2, 0) is 17.0 Å². The Hall–Kier alpha value is -4.05. The molecule has 4 aromatic rings. The number of nitrogens with zero attached hydrogens (tertiary/aromatic N) is 2. The Labute approximate surface area is 231 Å². The average Bonchev–Trinajstić information content (AvgIpc) is 2.93. The zero-order valence-electron chi connectivity index (χ0n) is 19.8. The summed E-state index contributed by atoms with van der Waals surface area (Å²) in [5.74, 6) is -0.380. The molecule has 2 N–H and O–H groups in total. The number of hydrazone groups is 1. The third-order valence-electron chi connectivity index (χ3n) is 5.62. The summed E-state index contributed by atoms with van der Waals surface area (Å²) in [4.78, 5) is 23.7. The third kappa shape index (κ3) is 6.08. The summed E-state index contributed by atoms with van der Waals surface area (Å²) >= 11 is 9.82. The van der Waals surface area contributed by atoms with Crippen LogP contribution in [0, 0.1) is 10.1 Å². The van der Waals surface area contributed by atoms with Crippen LogP contribution < -0.4 is 10.2 Å². The average molecular weight is 595 g/mol. The standard InChI is InChI=1S/C28H21BrClN3O5/c29-24-15-20(16-25(30)26(24)38-18-19-8-7-13-23(14-19)33(36)37)17-31-32-27(34)28(35,21-9-3-1-4-10-21)22-11-5-2-6-12-22/h1-17,35H,18H2,(H,32,34)/b31-17+. The fraction of sp³-hybridized carbons (Fsp3) is 0.0714. The van der Waals surface area contributed by atoms with E-state index < -0.39 is 16.4 Å². The molecule has 4 aromatic carbocycles. The second kappa shape index (κ2) is 12.0. The van der Waals surface area contributed by atoms with Crippen LogP contribution in [0.1, 0.15) is 22.3 Å². The van der Waals surface area contributed by atoms with Crippen molar-refractivity contribution in [2.75, 3.05) is 0 Å². The summed E-state index contributed by atoms with van der Waals surface area (Å²) in [5.41, 5.74) is 2.39. The van der Waals surface area contributed by atoms with Crippen LogP contribution in [-0.4, -0.2) is 22.2 Å². The summed E-state index contributed by atoms with van der Waals surface area (Å²) in [6.45, 7) is 0.0705. The first-order valence-electron chi connectivity index (χ1n) is 11.3. The zero-order chi connectivity index (χ0) is 27.1. The molecule has 0 aliphatic carbocycles. The highest BCUT2D eigenvalue weighted by Gasteiger charge is 2.39. The summed E-state index contributed by atoms with van der Waals surface area (Å²) in [5, 5.41) is 26.7. The van der Waals surface area contributed by atoms with Crippen molar-refractivity contribution < 1.29 is 19.6 Å². The number of non-ortho nitro benzene ring substituents is 1. The molecule has 0 fully saturated rings. The largest absolute Gasteiger partial charge is 0.486 e. The highest BCUT2D eigenvalue weighted by molar-refractivity contribution is 9.10. The number of nitro groups is 1. The Morgan fingerprint density at radius 2 is 1.66 bits per heavy atom. The molecule has 1 amide bonds. The van der Waals surface area contributed by atoms with Crippen LogP contribution in [0.2, 0.25) is 5.02 Å². The molecule has 0 aliphatic rings. The molecular formula is C28H21BrClN3O5. The molecule has 0 saturated heterocycles. The van der Waals surface area contributed by atoms with Gasteiger partial charge in [-0.25, -0.2) is 5.43 Å². The Morgan fingerprint density at radius 1 is 1.03 bits per heavy atom. The number of ether oxygens (including phenoxy) is 1. The molecule has 0 bridgehead atoms. The summed E-state index contributed by atoms with van der Waals surface area (Å²) in [7, 11) is 0. The van der Waals surface area contributed by atoms with E-state index in [1.54, 1.807) is 84.9 Å². The van der Waals surface area contributed by atoms with Gasteiger partial charge in [-0.3, -0.25) is 14.9 Å². The maximum atomic E-state index is 13.2. The number of aliphatic hydroxyl groups is 1. The van der Waals surface area contributed by atoms with E-state index in [1.165, 1.54) is 18.3 Å². The number of hydrogen-bond acceptors (Lipinski definition) is 6. The quantitative estimate of drug-likeness (QED) is 0.141. The molecule has 0 aromatic heterocycles. The van der Waals surface area contributed by atoms with Gasteiger partial charge in [-0.2, -0.15) is 5.10 Å². The highest BCUT2D eigenvalue weighted by atomic mass is 79.9. The van der Waals surface area contributed by atoms with E-state index in [1.807, 2.05) is 0 Å². The second-order valence-corrected chi connectivity index (χ2v) is 9.43. The van der Waals surface area contributed by atoms with Gasteiger partial charge in [-0.05, 0) is 50.3 Å². The third-order valence-corrected chi connectivity index (χ3v) is 6.49. The van der Waals surface area contributed by atoms with E-state index >= 15 is 0 Å². The normalized spacial score (nSPS) is 11.3. The van der Waals surface area contributed by atoms with Gasteiger partial charge in [-0.15, -0.1) is 0 Å². The first kappa shape index (κ1) is 27.0. The zero-order valence-corrected chi connectivity index (χ0v) is 22.1. The summed E-state index contributed by atoms with van der Waals surface area (Å²) in [6, 6.07) is 26.6. The topological polar surface area (TPSA) is 114 Å². The number of amides is 1. The SMILES string of the molecule is O=C(N/N=C/c1cc(Cl)c(OCc2cccc([N+](=O)[O-])c2)c(Br)c1)C(O)(c1ccccc1)c1ccccc1. The van der Waals surface area contributed by atoms with Crippen molar-refractivity contribution in [1.29, 1.82) is 0 Å². The maximum Gasteiger partial charge on any atom is 0.281 e. The molecule has 0 heterocycles. The molecule has 192 valence electrons. The lowest BCUT2D eigenvalue weighted by molar-refractivity contribution is -0.384. The van der Waals surface area contributed by atoms with Gasteiger partial charge in [0, 0.05) is 12.1 Å². The van der Waals surface area contributed by atoms with Crippen LogP contribution in [0.15, 0.2) is 107 Å². The Kier molecular flexibility index (Phi) is 8.52. The highest BCUT2D eigenvalue weighted by Crippen LogP contribution is 2.35. The number of nitro benzene ring substituents is 1. The number of carbonyl (C=O) groups is 1. The molecular weight excluding hydrogens is 574 g/mol. The molecule has 10 heteroatoms. The molecule has 0 aliphatic heterocycles. The molecule has 0 saturated carbocycles. The van der Waals surface area contributed by atoms with E-state index in [0.29, 0.717) is 32.5 Å². The van der Waals surface area contributed by atoms with Gasteiger partial charge in [0.15, 0.2) is 11.4 Å². The maximum absolute atomic E-state index is 13.2. The van der Waals surface area contributed by atoms with E-state index in [-0.39, 0.29) is 17.3 Å². The summed E-state index contributed by atoms with van der Waals surface area (Å²) < 4.78 is 6.30. The minimum absolute atomic E-state index is 0.0312. The minimum atomic E-state index is -1.96. The van der Waals surface area contributed by atoms with Crippen molar-refractivity contribution in [2.24, 2.45) is 5.10 Å². The molecule has 0 unspecified atom stereocenters. The van der Waals surface area contributed by atoms with Gasteiger partial charge in [0.05, 0.1) is 20.6 Å². The van der Waals surface area contributed by atoms with Gasteiger partial charge in [0.25, 0.3) is 11.6 Å². The van der Waals surface area contributed by atoms with Gasteiger partial charge in [-0.1, -0.05) is 84.4 Å². The van der Waals surface area contributed by atoms with E-state index in [9.17, 15) is 20.0 Å². The number of hydrogen-bond donors (Lipinski definition) is 2. The Morgan fingerprint density at radius 3 is 2.24 bits per heavy atom. The van der Waals surface area contributed by atoms with Crippen molar-refractivity contribution in [3.63, 3.8) is 0 Å². The van der Waals surface area contributed by atoms with Crippen molar-refractivity contribution >= 4 is 45.3 Å². The predicted octanol–water partition coefficient (Wildman–Crippen LogP) is 5.98. The van der Waals surface area contributed by atoms with E-state index in [4.69, 9.17) is 16.3 Å². The molecule has 4 rings (SSSR count). The van der Waals surface area contributed by atoms with Crippen molar-refractivity contribution in [3.8, 4) is 5.75 Å². The van der Waals surface area contributed by atoms with E-state index in [0.717, 1.165) is 0 Å². The molecule has 0 radical (unpaired) electrons. The number of carbonyl (C=O) groups excluding carboxylic acids is 1. The predicted molar refractivity (Wildman–Crippen MR) is 148 cm³/mol. The van der Waals surface area contributed by atoms with E-state index in [2.05, 4.69) is 26.5 Å². The number of rotatable bonds is 9. The van der Waals surface area contributed by atoms with Crippen molar-refractivity contribution in [2.45, 2.75) is 12.2 Å². The molecule has 8 nitrogen and oxygen atoms in total. The number of nitrogens with one attached hydrogen (secondary N) is 1. The molecule has 0 atom stereocenters. The van der Waals surface area contributed by atoms with Crippen LogP contribution in [0.3, 0.4) is 0 Å². The first-order chi connectivity index (χ1) is 18.3. The van der Waals surface area contributed by atoms with Crippen LogP contribution in [0.25, 0.3) is 0 Å². The van der Waals surface area contributed by atoms with Crippen LogP contribution in [0.5, 0.6) is 5.75 Å². The first-order valence-corrected chi connectivity index (χ1v) is 12.5. The fourth-order valence-electron chi connectivity index (χ4n) is 3.74. The van der Waals surface area contributed by atoms with Crippen LogP contribution >= 0.6 is 27.5 Å². The van der Waals surface area contributed by atoms with Crippen LogP contribution in [0.4, 0.5) is 5.69 Å². The van der Waals surface area contributed by atoms with Crippen molar-refractivity contribution in [1.82, 2.24) is 5.43 Å². The molecule has 38 heavy (non-hydrogen) atoms. The summed E-state index contributed by atoms with van der Waals surface area (Å²) in [6.07, 6.45) is 1.38. The molecule has 0 spiro atoms. The lowest BCUT2D eigenvalue weighted by Crippen LogP contribution is -2.43. The second-order valence-electron chi connectivity index (χ2n) is 8.17. The van der Waals surface area contributed by atoms with Gasteiger partial charge in [0.1, 0.15) is 6.61 Å². The van der Waals surface area contributed by atoms with Gasteiger partial charge < -0.3 is 9.84 Å².